The molecule has 0 bridgehead atoms. The van der Waals surface area contributed by atoms with Crippen molar-refractivity contribution >= 4 is 17.6 Å². The zero-order valence-electron chi connectivity index (χ0n) is 12.8. The van der Waals surface area contributed by atoms with Gasteiger partial charge in [-0.1, -0.05) is 23.7 Å². The predicted molar refractivity (Wildman–Crippen MR) is 88.3 cm³/mol. The molecule has 120 valence electrons. The maximum atomic E-state index is 11.0. The molecule has 2 saturated carbocycles. The summed E-state index contributed by atoms with van der Waals surface area (Å²) in [5.41, 5.74) is 1.35. The minimum Gasteiger partial charge on any atom is -0.481 e. The monoisotopic (exact) mass is 321 g/mol. The summed E-state index contributed by atoms with van der Waals surface area (Å²) < 4.78 is 0. The van der Waals surface area contributed by atoms with Gasteiger partial charge in [0.15, 0.2) is 0 Å². The van der Waals surface area contributed by atoms with Crippen molar-refractivity contribution < 1.29 is 9.90 Å². The maximum Gasteiger partial charge on any atom is 0.306 e. The van der Waals surface area contributed by atoms with Crippen LogP contribution in [0.5, 0.6) is 0 Å². The Hall–Kier alpha value is -1.06. The zero-order chi connectivity index (χ0) is 15.5. The summed E-state index contributed by atoms with van der Waals surface area (Å²) in [6.07, 6.45) is 7.21. The first-order valence-electron chi connectivity index (χ1n) is 8.36. The summed E-state index contributed by atoms with van der Waals surface area (Å²) in [6.45, 7) is 0. The Balaban J connectivity index is 1.48. The fourth-order valence-electron chi connectivity index (χ4n) is 4.04. The van der Waals surface area contributed by atoms with Crippen molar-refractivity contribution in [3.05, 3.63) is 34.9 Å². The molecule has 3 rings (SSSR count). The highest BCUT2D eigenvalue weighted by molar-refractivity contribution is 6.30. The molecule has 2 atom stereocenters. The minimum atomic E-state index is -0.625. The standard InChI is InChI=1S/C18H24ClNO2/c19-15-3-1-2-13(10-15)14-6-9-17(11-14)20-16-7-4-12(5-8-16)18(21)22/h1-3,10,12,14,16-17,20H,4-9,11H2,(H,21,22). The number of carbonyl (C=O) groups is 1. The van der Waals surface area contributed by atoms with Crippen LogP contribution < -0.4 is 5.32 Å². The van der Waals surface area contributed by atoms with E-state index in [1.54, 1.807) is 0 Å². The molecule has 2 fully saturated rings. The fraction of sp³-hybridized carbons (Fsp3) is 0.611. The van der Waals surface area contributed by atoms with Gasteiger partial charge in [0, 0.05) is 17.1 Å². The van der Waals surface area contributed by atoms with Crippen molar-refractivity contribution in [3.63, 3.8) is 0 Å². The lowest BCUT2D eigenvalue weighted by Crippen LogP contribution is -2.40. The van der Waals surface area contributed by atoms with Crippen LogP contribution >= 0.6 is 11.6 Å². The molecule has 1 aromatic rings. The number of carboxylic acids is 1. The lowest BCUT2D eigenvalue weighted by Gasteiger charge is -2.29. The third-order valence-electron chi connectivity index (χ3n) is 5.30. The van der Waals surface area contributed by atoms with Crippen molar-refractivity contribution in [2.75, 3.05) is 0 Å². The van der Waals surface area contributed by atoms with Gasteiger partial charge in [-0.25, -0.2) is 0 Å². The Bertz CT molecular complexity index is 526. The van der Waals surface area contributed by atoms with Crippen LogP contribution in [0, 0.1) is 5.92 Å². The highest BCUT2D eigenvalue weighted by atomic mass is 35.5. The Morgan fingerprint density at radius 3 is 2.50 bits per heavy atom. The van der Waals surface area contributed by atoms with Gasteiger partial charge in [0.2, 0.25) is 0 Å². The lowest BCUT2D eigenvalue weighted by atomic mass is 9.85. The predicted octanol–water partition coefficient (Wildman–Crippen LogP) is 4.21. The number of benzene rings is 1. The largest absolute Gasteiger partial charge is 0.481 e. The molecule has 22 heavy (non-hydrogen) atoms. The van der Waals surface area contributed by atoms with Crippen LogP contribution in [0.15, 0.2) is 24.3 Å². The molecule has 0 amide bonds. The van der Waals surface area contributed by atoms with E-state index < -0.39 is 5.97 Å². The van der Waals surface area contributed by atoms with Crippen molar-refractivity contribution in [3.8, 4) is 0 Å². The summed E-state index contributed by atoms with van der Waals surface area (Å²) in [5.74, 6) is -0.146. The van der Waals surface area contributed by atoms with Crippen molar-refractivity contribution in [2.45, 2.75) is 62.9 Å². The van der Waals surface area contributed by atoms with Crippen LogP contribution in [0.4, 0.5) is 0 Å². The van der Waals surface area contributed by atoms with E-state index in [4.69, 9.17) is 16.7 Å². The summed E-state index contributed by atoms with van der Waals surface area (Å²) in [7, 11) is 0. The van der Waals surface area contributed by atoms with E-state index in [0.29, 0.717) is 18.0 Å². The molecule has 2 aliphatic carbocycles. The van der Waals surface area contributed by atoms with Gasteiger partial charge in [0.05, 0.1) is 5.92 Å². The first-order valence-corrected chi connectivity index (χ1v) is 8.74. The second-order valence-corrected chi connectivity index (χ2v) is 7.25. The molecular formula is C18H24ClNO2. The van der Waals surface area contributed by atoms with Crippen molar-refractivity contribution in [1.29, 1.82) is 0 Å². The first-order chi connectivity index (χ1) is 10.6. The molecule has 2 N–H and O–H groups in total. The average Bonchev–Trinajstić information content (AvgIpc) is 2.96. The lowest BCUT2D eigenvalue weighted by molar-refractivity contribution is -0.142. The smallest absolute Gasteiger partial charge is 0.306 e. The van der Waals surface area contributed by atoms with Crippen LogP contribution in [0.25, 0.3) is 0 Å². The van der Waals surface area contributed by atoms with Gasteiger partial charge in [-0.2, -0.15) is 0 Å². The van der Waals surface area contributed by atoms with Gasteiger partial charge >= 0.3 is 5.97 Å². The Kier molecular flexibility index (Phi) is 5.04. The van der Waals surface area contributed by atoms with Crippen molar-refractivity contribution in [2.24, 2.45) is 5.92 Å². The number of carboxylic acid groups (broad SMARTS) is 1. The molecule has 3 nitrogen and oxygen atoms in total. The molecule has 0 radical (unpaired) electrons. The molecule has 0 aromatic heterocycles. The fourth-order valence-corrected chi connectivity index (χ4v) is 4.24. The average molecular weight is 322 g/mol. The van der Waals surface area contributed by atoms with Crippen LogP contribution in [-0.4, -0.2) is 23.2 Å². The number of nitrogens with one attached hydrogen (secondary N) is 1. The second kappa shape index (κ2) is 7.01. The number of hydrogen-bond acceptors (Lipinski definition) is 2. The van der Waals surface area contributed by atoms with E-state index in [0.717, 1.165) is 30.7 Å². The number of rotatable bonds is 4. The molecule has 1 aromatic carbocycles. The van der Waals surface area contributed by atoms with Gasteiger partial charge in [-0.3, -0.25) is 4.79 Å². The summed E-state index contributed by atoms with van der Waals surface area (Å²) in [5, 5.41) is 13.6. The SMILES string of the molecule is O=C(O)C1CCC(NC2CCC(c3cccc(Cl)c3)C2)CC1. The van der Waals surface area contributed by atoms with Gasteiger partial charge < -0.3 is 10.4 Å². The number of aliphatic carboxylic acids is 1. The van der Waals surface area contributed by atoms with E-state index in [-0.39, 0.29) is 5.92 Å². The summed E-state index contributed by atoms with van der Waals surface area (Å²) in [6, 6.07) is 9.29. The van der Waals surface area contributed by atoms with E-state index in [1.807, 2.05) is 12.1 Å². The number of hydrogen-bond donors (Lipinski definition) is 2. The maximum absolute atomic E-state index is 11.0. The van der Waals surface area contributed by atoms with Crippen LogP contribution in [-0.2, 0) is 4.79 Å². The molecular weight excluding hydrogens is 298 g/mol. The third-order valence-corrected chi connectivity index (χ3v) is 5.54. The van der Waals surface area contributed by atoms with E-state index in [9.17, 15) is 4.79 Å². The molecule has 2 aliphatic rings. The molecule has 2 unspecified atom stereocenters. The van der Waals surface area contributed by atoms with E-state index >= 15 is 0 Å². The zero-order valence-corrected chi connectivity index (χ0v) is 13.6. The van der Waals surface area contributed by atoms with Crippen LogP contribution in [0.2, 0.25) is 5.02 Å². The third kappa shape index (κ3) is 3.82. The molecule has 0 heterocycles. The van der Waals surface area contributed by atoms with Gasteiger partial charge in [-0.05, 0) is 68.6 Å². The molecule has 0 spiro atoms. The normalized spacial score (nSPS) is 32.0. The van der Waals surface area contributed by atoms with Gasteiger partial charge in [0.1, 0.15) is 0 Å². The first kappa shape index (κ1) is 15.8. The minimum absolute atomic E-state index is 0.124. The highest BCUT2D eigenvalue weighted by Gasteiger charge is 2.30. The van der Waals surface area contributed by atoms with E-state index in [2.05, 4.69) is 17.4 Å². The van der Waals surface area contributed by atoms with Gasteiger partial charge in [0.25, 0.3) is 0 Å². The van der Waals surface area contributed by atoms with E-state index in [1.165, 1.54) is 24.8 Å². The molecule has 0 saturated heterocycles. The van der Waals surface area contributed by atoms with Gasteiger partial charge in [-0.15, -0.1) is 0 Å². The summed E-state index contributed by atoms with van der Waals surface area (Å²) >= 11 is 6.09. The Morgan fingerprint density at radius 2 is 1.82 bits per heavy atom. The Morgan fingerprint density at radius 1 is 1.09 bits per heavy atom. The summed E-state index contributed by atoms with van der Waals surface area (Å²) in [4.78, 5) is 11.0. The topological polar surface area (TPSA) is 49.3 Å². The van der Waals surface area contributed by atoms with Crippen molar-refractivity contribution in [1.82, 2.24) is 5.32 Å². The molecule has 0 aliphatic heterocycles. The Labute approximate surface area is 137 Å². The van der Waals surface area contributed by atoms with Crippen LogP contribution in [0.3, 0.4) is 0 Å². The number of halogens is 1. The second-order valence-electron chi connectivity index (χ2n) is 6.82. The quantitative estimate of drug-likeness (QED) is 0.873. The van der Waals surface area contributed by atoms with Crippen LogP contribution in [0.1, 0.15) is 56.4 Å². The highest BCUT2D eigenvalue weighted by Crippen LogP contribution is 2.36. The molecule has 4 heteroatoms.